The molecule has 0 aromatic heterocycles. The lowest BCUT2D eigenvalue weighted by atomic mass is 9.79. The molecular formula is C33H34N2O5. The summed E-state index contributed by atoms with van der Waals surface area (Å²) in [7, 11) is 0. The number of benzene rings is 3. The molecule has 3 aliphatic rings. The van der Waals surface area contributed by atoms with E-state index >= 15 is 0 Å². The molecule has 6 rings (SSSR count). The van der Waals surface area contributed by atoms with Crippen LogP contribution in [0.15, 0.2) is 47.5 Å². The third-order valence-corrected chi connectivity index (χ3v) is 8.39. The van der Waals surface area contributed by atoms with Crippen molar-refractivity contribution in [3.05, 3.63) is 86.4 Å². The Balaban J connectivity index is 1.72. The SMILES string of the molecule is CC1CC(C)(C)Nc2cc3c(cc21)C(c1ccc(C(=O)O)cc1C(=O)O)=c1cc2c(cc1O3)=NC(C)(C)CC2C. The fraction of sp³-hybridized carbons (Fsp3) is 0.364. The third kappa shape index (κ3) is 4.24. The maximum Gasteiger partial charge on any atom is 0.336 e. The van der Waals surface area contributed by atoms with Crippen molar-refractivity contribution < 1.29 is 24.5 Å². The van der Waals surface area contributed by atoms with Crippen LogP contribution in [-0.4, -0.2) is 33.2 Å². The predicted octanol–water partition coefficient (Wildman–Crippen LogP) is 6.04. The van der Waals surface area contributed by atoms with E-state index in [0.717, 1.165) is 51.4 Å². The first-order chi connectivity index (χ1) is 18.7. The molecule has 7 nitrogen and oxygen atoms in total. The van der Waals surface area contributed by atoms with E-state index in [4.69, 9.17) is 9.73 Å². The number of fused-ring (bicyclic) bond motifs is 4. The van der Waals surface area contributed by atoms with Crippen LogP contribution >= 0.6 is 0 Å². The largest absolute Gasteiger partial charge is 0.478 e. The average Bonchev–Trinajstić information content (AvgIpc) is 2.84. The van der Waals surface area contributed by atoms with Gasteiger partial charge < -0.3 is 20.3 Å². The zero-order chi connectivity index (χ0) is 28.7. The number of carbonyl (C=O) groups is 2. The molecule has 206 valence electrons. The molecule has 2 unspecified atom stereocenters. The zero-order valence-electron chi connectivity index (χ0n) is 23.7. The molecule has 3 heterocycles. The Labute approximate surface area is 233 Å². The van der Waals surface area contributed by atoms with Crippen LogP contribution < -0.4 is 20.6 Å². The maximum absolute atomic E-state index is 12.5. The summed E-state index contributed by atoms with van der Waals surface area (Å²) >= 11 is 0. The molecule has 0 aliphatic carbocycles. The second-order valence-corrected chi connectivity index (χ2v) is 12.8. The monoisotopic (exact) mass is 538 g/mol. The first kappa shape index (κ1) is 26.1. The van der Waals surface area contributed by atoms with Crippen LogP contribution in [0.2, 0.25) is 0 Å². The van der Waals surface area contributed by atoms with Crippen molar-refractivity contribution >= 4 is 23.2 Å². The van der Waals surface area contributed by atoms with Crippen LogP contribution in [0.4, 0.5) is 5.69 Å². The Morgan fingerprint density at radius 3 is 2.30 bits per heavy atom. The molecule has 0 fully saturated rings. The van der Waals surface area contributed by atoms with E-state index < -0.39 is 11.9 Å². The molecule has 0 amide bonds. The minimum absolute atomic E-state index is 0.0599. The standard InChI is InChI=1S/C33H34N2O5/c1-16-14-32(3,4)34-25-12-27-23(10-20(16)25)29(19-8-7-18(30(36)37)9-22(19)31(38)39)24-11-21-17(2)15-33(5,6)35-26(21)13-28(24)40-27/h7-13,16-17,34H,14-15H2,1-6H3,(H,36,37)(H,38,39). The molecule has 40 heavy (non-hydrogen) atoms. The van der Waals surface area contributed by atoms with Gasteiger partial charge in [0, 0.05) is 39.7 Å². The highest BCUT2D eigenvalue weighted by Gasteiger charge is 2.34. The van der Waals surface area contributed by atoms with Crippen molar-refractivity contribution in [2.75, 3.05) is 5.32 Å². The highest BCUT2D eigenvalue weighted by molar-refractivity contribution is 6.01. The fourth-order valence-electron chi connectivity index (χ4n) is 6.90. The van der Waals surface area contributed by atoms with Crippen molar-refractivity contribution in [3.8, 4) is 11.5 Å². The van der Waals surface area contributed by atoms with Gasteiger partial charge in [0.25, 0.3) is 0 Å². The van der Waals surface area contributed by atoms with Crippen molar-refractivity contribution in [2.24, 2.45) is 4.99 Å². The molecule has 0 saturated heterocycles. The number of anilines is 1. The van der Waals surface area contributed by atoms with E-state index in [0.29, 0.717) is 17.1 Å². The second-order valence-electron chi connectivity index (χ2n) is 12.8. The summed E-state index contributed by atoms with van der Waals surface area (Å²) in [5.41, 5.74) is 4.81. The van der Waals surface area contributed by atoms with Gasteiger partial charge >= 0.3 is 11.9 Å². The quantitative estimate of drug-likeness (QED) is 0.294. The van der Waals surface area contributed by atoms with Crippen molar-refractivity contribution in [2.45, 2.75) is 77.3 Å². The Bertz CT molecular complexity index is 1750. The number of nitrogens with zero attached hydrogens (tertiary/aromatic N) is 1. The molecule has 0 bridgehead atoms. The van der Waals surface area contributed by atoms with Crippen molar-refractivity contribution in [1.29, 1.82) is 0 Å². The van der Waals surface area contributed by atoms with E-state index in [1.54, 1.807) is 6.07 Å². The van der Waals surface area contributed by atoms with Gasteiger partial charge in [0.2, 0.25) is 0 Å². The van der Waals surface area contributed by atoms with Crippen LogP contribution in [0.1, 0.15) is 109 Å². The molecule has 2 atom stereocenters. The number of nitrogens with one attached hydrogen (secondary N) is 1. The second kappa shape index (κ2) is 8.68. The fourth-order valence-corrected chi connectivity index (χ4v) is 6.90. The number of carboxylic acids is 2. The van der Waals surface area contributed by atoms with E-state index in [1.807, 2.05) is 12.1 Å². The number of aromatic carboxylic acids is 2. The van der Waals surface area contributed by atoms with Crippen LogP contribution in [0.3, 0.4) is 0 Å². The molecule has 3 N–H and O–H groups in total. The summed E-state index contributed by atoms with van der Waals surface area (Å²) in [4.78, 5) is 29.2. The van der Waals surface area contributed by atoms with E-state index in [-0.39, 0.29) is 34.0 Å². The van der Waals surface area contributed by atoms with Gasteiger partial charge in [-0.25, -0.2) is 9.59 Å². The lowest BCUT2D eigenvalue weighted by Gasteiger charge is -2.38. The number of hydrogen-bond acceptors (Lipinski definition) is 5. The summed E-state index contributed by atoms with van der Waals surface area (Å²) < 4.78 is 6.57. The Hall–Kier alpha value is -4.13. The lowest BCUT2D eigenvalue weighted by Crippen LogP contribution is -2.37. The van der Waals surface area contributed by atoms with E-state index in [1.165, 1.54) is 12.1 Å². The Morgan fingerprint density at radius 1 is 0.875 bits per heavy atom. The van der Waals surface area contributed by atoms with Crippen LogP contribution in [0, 0.1) is 0 Å². The van der Waals surface area contributed by atoms with Gasteiger partial charge in [0.15, 0.2) is 0 Å². The summed E-state index contributed by atoms with van der Waals surface area (Å²) in [5.74, 6) is -0.596. The predicted molar refractivity (Wildman–Crippen MR) is 154 cm³/mol. The van der Waals surface area contributed by atoms with Gasteiger partial charge in [-0.05, 0) is 93.3 Å². The normalized spacial score (nSPS) is 21.4. The summed E-state index contributed by atoms with van der Waals surface area (Å²) in [6, 6.07) is 12.5. The third-order valence-electron chi connectivity index (χ3n) is 8.39. The molecule has 0 radical (unpaired) electrons. The van der Waals surface area contributed by atoms with Crippen molar-refractivity contribution in [3.63, 3.8) is 0 Å². The van der Waals surface area contributed by atoms with Gasteiger partial charge in [0.1, 0.15) is 11.5 Å². The molecule has 3 aromatic carbocycles. The minimum Gasteiger partial charge on any atom is -0.478 e. The van der Waals surface area contributed by atoms with Crippen molar-refractivity contribution in [1.82, 2.24) is 0 Å². The van der Waals surface area contributed by atoms with Crippen LogP contribution in [0.5, 0.6) is 11.5 Å². The van der Waals surface area contributed by atoms with Gasteiger partial charge in [0.05, 0.1) is 22.0 Å². The number of ether oxygens (including phenoxy) is 1. The van der Waals surface area contributed by atoms with Crippen LogP contribution in [-0.2, 0) is 0 Å². The molecule has 3 aromatic rings. The molecule has 0 saturated carbocycles. The van der Waals surface area contributed by atoms with E-state index in [9.17, 15) is 19.8 Å². The van der Waals surface area contributed by atoms with E-state index in [2.05, 4.69) is 59.0 Å². The molecule has 7 heteroatoms. The number of hydrogen-bond donors (Lipinski definition) is 3. The average molecular weight is 539 g/mol. The Morgan fingerprint density at radius 2 is 1.60 bits per heavy atom. The van der Waals surface area contributed by atoms with Crippen LogP contribution in [0.25, 0.3) is 5.57 Å². The van der Waals surface area contributed by atoms with Gasteiger partial charge in [-0.1, -0.05) is 19.9 Å². The van der Waals surface area contributed by atoms with Gasteiger partial charge in [-0.2, -0.15) is 0 Å². The highest BCUT2D eigenvalue weighted by atomic mass is 16.5. The summed E-state index contributed by atoms with van der Waals surface area (Å²) in [6.45, 7) is 13.0. The molecular weight excluding hydrogens is 504 g/mol. The smallest absolute Gasteiger partial charge is 0.336 e. The summed E-state index contributed by atoms with van der Waals surface area (Å²) in [6.07, 6.45) is 1.84. The zero-order valence-corrected chi connectivity index (χ0v) is 23.7. The molecule has 3 aliphatic heterocycles. The number of carboxylic acid groups (broad SMARTS) is 2. The Kier molecular flexibility index (Phi) is 5.67. The van der Waals surface area contributed by atoms with Gasteiger partial charge in [-0.3, -0.25) is 4.99 Å². The summed E-state index contributed by atoms with van der Waals surface area (Å²) in [5, 5.41) is 25.1. The van der Waals surface area contributed by atoms with Gasteiger partial charge in [-0.15, -0.1) is 0 Å². The topological polar surface area (TPSA) is 108 Å². The first-order valence-electron chi connectivity index (χ1n) is 13.8. The highest BCUT2D eigenvalue weighted by Crippen LogP contribution is 2.46. The number of rotatable bonds is 3. The first-order valence-corrected chi connectivity index (χ1v) is 13.8. The maximum atomic E-state index is 12.5. The molecule has 0 spiro atoms. The lowest BCUT2D eigenvalue weighted by molar-refractivity contribution is 0.0695. The minimum atomic E-state index is -1.18.